The first-order valence-corrected chi connectivity index (χ1v) is 6.01. The van der Waals surface area contributed by atoms with Crippen molar-refractivity contribution < 1.29 is 0 Å². The molecule has 90 valence electrons. The van der Waals surface area contributed by atoms with Gasteiger partial charge in [-0.25, -0.2) is 0 Å². The minimum atomic E-state index is 0.568. The highest BCUT2D eigenvalue weighted by Crippen LogP contribution is 2.00. The van der Waals surface area contributed by atoms with E-state index in [0.29, 0.717) is 11.5 Å². The Kier molecular flexibility index (Phi) is 5.42. The van der Waals surface area contributed by atoms with Gasteiger partial charge in [-0.3, -0.25) is 9.58 Å². The highest BCUT2D eigenvalue weighted by molar-refractivity contribution is 7.80. The average Bonchev–Trinajstić information content (AvgIpc) is 2.60. The summed E-state index contributed by atoms with van der Waals surface area (Å²) in [7, 11) is 1.97. The standard InChI is InChI=1S/C11H20N4S/c1-3-7-15(9-11(12)16)8-5-10-4-6-13-14(10)2/h4,6H,3,5,7-9H2,1-2H3,(H2,12,16). The second-order valence-corrected chi connectivity index (χ2v) is 4.46. The Morgan fingerprint density at radius 1 is 1.56 bits per heavy atom. The van der Waals surface area contributed by atoms with Crippen LogP contribution in [0.1, 0.15) is 19.0 Å². The number of nitrogens with zero attached hydrogens (tertiary/aromatic N) is 3. The van der Waals surface area contributed by atoms with E-state index in [1.807, 2.05) is 24.0 Å². The Morgan fingerprint density at radius 2 is 2.31 bits per heavy atom. The van der Waals surface area contributed by atoms with E-state index in [4.69, 9.17) is 18.0 Å². The Hall–Kier alpha value is -0.940. The summed E-state index contributed by atoms with van der Waals surface area (Å²) in [6, 6.07) is 2.05. The molecule has 0 unspecified atom stereocenters. The quantitative estimate of drug-likeness (QED) is 0.721. The van der Waals surface area contributed by atoms with Crippen molar-refractivity contribution in [1.82, 2.24) is 14.7 Å². The molecular weight excluding hydrogens is 220 g/mol. The molecule has 2 N–H and O–H groups in total. The predicted molar refractivity (Wildman–Crippen MR) is 70.4 cm³/mol. The first kappa shape index (κ1) is 13.1. The van der Waals surface area contributed by atoms with E-state index in [1.165, 1.54) is 5.69 Å². The van der Waals surface area contributed by atoms with Crippen LogP contribution in [-0.2, 0) is 13.5 Å². The van der Waals surface area contributed by atoms with Crippen molar-refractivity contribution in [3.63, 3.8) is 0 Å². The predicted octanol–water partition coefficient (Wildman–Crippen LogP) is 0.961. The molecule has 0 radical (unpaired) electrons. The first-order valence-electron chi connectivity index (χ1n) is 5.61. The van der Waals surface area contributed by atoms with Gasteiger partial charge in [0.2, 0.25) is 0 Å². The third-order valence-corrected chi connectivity index (χ3v) is 2.66. The average molecular weight is 240 g/mol. The van der Waals surface area contributed by atoms with Gasteiger partial charge in [0.05, 0.1) is 4.99 Å². The van der Waals surface area contributed by atoms with Crippen LogP contribution >= 0.6 is 12.2 Å². The molecule has 1 aromatic rings. The third kappa shape index (κ3) is 4.28. The van der Waals surface area contributed by atoms with Crippen molar-refractivity contribution in [2.45, 2.75) is 19.8 Å². The van der Waals surface area contributed by atoms with Crippen molar-refractivity contribution in [2.24, 2.45) is 12.8 Å². The molecule has 1 rings (SSSR count). The topological polar surface area (TPSA) is 47.1 Å². The highest BCUT2D eigenvalue weighted by Gasteiger charge is 2.06. The third-order valence-electron chi connectivity index (χ3n) is 2.53. The lowest BCUT2D eigenvalue weighted by Crippen LogP contribution is -2.35. The number of aromatic nitrogens is 2. The molecule has 5 heteroatoms. The van der Waals surface area contributed by atoms with Gasteiger partial charge in [-0.15, -0.1) is 0 Å². The fourth-order valence-electron chi connectivity index (χ4n) is 1.73. The molecule has 0 spiro atoms. The summed E-state index contributed by atoms with van der Waals surface area (Å²) in [6.07, 6.45) is 3.93. The van der Waals surface area contributed by atoms with E-state index in [9.17, 15) is 0 Å². The largest absolute Gasteiger partial charge is 0.392 e. The molecule has 0 saturated heterocycles. The van der Waals surface area contributed by atoms with Gasteiger partial charge in [0.15, 0.2) is 0 Å². The molecule has 0 aliphatic heterocycles. The van der Waals surface area contributed by atoms with Crippen molar-refractivity contribution in [1.29, 1.82) is 0 Å². The lowest BCUT2D eigenvalue weighted by Gasteiger charge is -2.20. The Balaban J connectivity index is 2.43. The van der Waals surface area contributed by atoms with E-state index in [2.05, 4.69) is 16.9 Å². The molecular formula is C11H20N4S. The lowest BCUT2D eigenvalue weighted by molar-refractivity contribution is 0.313. The molecule has 1 aromatic heterocycles. The van der Waals surface area contributed by atoms with E-state index in [0.717, 1.165) is 25.9 Å². The van der Waals surface area contributed by atoms with Crippen LogP contribution in [0.2, 0.25) is 0 Å². The van der Waals surface area contributed by atoms with Crippen LogP contribution in [0.5, 0.6) is 0 Å². The molecule has 1 heterocycles. The second kappa shape index (κ2) is 6.60. The highest BCUT2D eigenvalue weighted by atomic mass is 32.1. The maximum atomic E-state index is 5.57. The maximum Gasteiger partial charge on any atom is 0.0870 e. The van der Waals surface area contributed by atoms with E-state index in [1.54, 1.807) is 0 Å². The minimum Gasteiger partial charge on any atom is -0.392 e. The van der Waals surface area contributed by atoms with Crippen LogP contribution in [-0.4, -0.2) is 39.3 Å². The molecule has 0 atom stereocenters. The Bertz CT molecular complexity index is 334. The summed E-state index contributed by atoms with van der Waals surface area (Å²) in [5.74, 6) is 0. The molecule has 0 aliphatic carbocycles. The monoisotopic (exact) mass is 240 g/mol. The number of rotatable bonds is 7. The molecule has 4 nitrogen and oxygen atoms in total. The molecule has 0 aromatic carbocycles. The lowest BCUT2D eigenvalue weighted by atomic mass is 10.2. The van der Waals surface area contributed by atoms with Gasteiger partial charge < -0.3 is 5.73 Å². The minimum absolute atomic E-state index is 0.568. The fraction of sp³-hybridized carbons (Fsp3) is 0.636. The zero-order valence-electron chi connectivity index (χ0n) is 10.0. The van der Waals surface area contributed by atoms with Crippen LogP contribution in [0.25, 0.3) is 0 Å². The summed E-state index contributed by atoms with van der Waals surface area (Å²) in [6.45, 7) is 4.89. The molecule has 0 saturated carbocycles. The first-order chi connectivity index (χ1) is 7.63. The van der Waals surface area contributed by atoms with Crippen LogP contribution < -0.4 is 5.73 Å². The van der Waals surface area contributed by atoms with Crippen molar-refractivity contribution in [3.8, 4) is 0 Å². The van der Waals surface area contributed by atoms with Gasteiger partial charge >= 0.3 is 0 Å². The van der Waals surface area contributed by atoms with E-state index >= 15 is 0 Å². The van der Waals surface area contributed by atoms with Crippen LogP contribution in [0.15, 0.2) is 12.3 Å². The summed E-state index contributed by atoms with van der Waals surface area (Å²) >= 11 is 4.94. The second-order valence-electron chi connectivity index (χ2n) is 3.94. The molecule has 16 heavy (non-hydrogen) atoms. The van der Waals surface area contributed by atoms with Gasteiger partial charge in [-0.1, -0.05) is 19.1 Å². The molecule has 0 fully saturated rings. The molecule has 0 amide bonds. The molecule has 0 bridgehead atoms. The number of hydrogen-bond acceptors (Lipinski definition) is 3. The number of nitrogens with two attached hydrogens (primary N) is 1. The van der Waals surface area contributed by atoms with Gasteiger partial charge in [-0.05, 0) is 19.0 Å². The Morgan fingerprint density at radius 3 is 2.81 bits per heavy atom. The SMILES string of the molecule is CCCN(CCc1ccnn1C)CC(N)=S. The normalized spacial score (nSPS) is 10.9. The van der Waals surface area contributed by atoms with Crippen LogP contribution in [0.4, 0.5) is 0 Å². The summed E-state index contributed by atoms with van der Waals surface area (Å²) in [5.41, 5.74) is 6.81. The van der Waals surface area contributed by atoms with Gasteiger partial charge in [-0.2, -0.15) is 5.10 Å². The zero-order chi connectivity index (χ0) is 12.0. The van der Waals surface area contributed by atoms with E-state index < -0.39 is 0 Å². The van der Waals surface area contributed by atoms with Crippen LogP contribution in [0.3, 0.4) is 0 Å². The smallest absolute Gasteiger partial charge is 0.0870 e. The number of thiocarbonyl (C=S) groups is 1. The van der Waals surface area contributed by atoms with Crippen molar-refractivity contribution in [2.75, 3.05) is 19.6 Å². The summed E-state index contributed by atoms with van der Waals surface area (Å²) < 4.78 is 1.91. The number of hydrogen-bond donors (Lipinski definition) is 1. The van der Waals surface area contributed by atoms with Gasteiger partial charge in [0.25, 0.3) is 0 Å². The van der Waals surface area contributed by atoms with Gasteiger partial charge in [0.1, 0.15) is 0 Å². The fourth-order valence-corrected chi connectivity index (χ4v) is 1.91. The summed E-state index contributed by atoms with van der Waals surface area (Å²) in [4.78, 5) is 2.86. The zero-order valence-corrected chi connectivity index (χ0v) is 10.8. The Labute approximate surface area is 102 Å². The van der Waals surface area contributed by atoms with Gasteiger partial charge in [0, 0.05) is 38.4 Å². The van der Waals surface area contributed by atoms with Crippen molar-refractivity contribution in [3.05, 3.63) is 18.0 Å². The van der Waals surface area contributed by atoms with E-state index in [-0.39, 0.29) is 0 Å². The molecule has 0 aliphatic rings. The van der Waals surface area contributed by atoms with Crippen LogP contribution in [0, 0.1) is 0 Å². The number of aryl methyl sites for hydroxylation is 1. The maximum absolute atomic E-state index is 5.57. The summed E-state index contributed by atoms with van der Waals surface area (Å²) in [5, 5.41) is 4.15. The van der Waals surface area contributed by atoms with Crippen molar-refractivity contribution >= 4 is 17.2 Å².